The van der Waals surface area contributed by atoms with E-state index >= 15 is 0 Å². The second kappa shape index (κ2) is 7.14. The average Bonchev–Trinajstić information content (AvgIpc) is 2.41. The van der Waals surface area contributed by atoms with Crippen molar-refractivity contribution in [1.29, 1.82) is 0 Å². The summed E-state index contributed by atoms with van der Waals surface area (Å²) in [4.78, 5) is 2.31. The molecule has 0 aromatic heterocycles. The minimum atomic E-state index is -0.511. The van der Waals surface area contributed by atoms with Gasteiger partial charge in [-0.3, -0.25) is 4.90 Å². The maximum absolute atomic E-state index is 13.8. The molecular formula is C16H24F2N2. The Morgan fingerprint density at radius 2 is 2.10 bits per heavy atom. The van der Waals surface area contributed by atoms with Gasteiger partial charge in [-0.1, -0.05) is 26.3 Å². The minimum absolute atomic E-state index is 0.439. The second-order valence-corrected chi connectivity index (χ2v) is 5.92. The number of halogens is 2. The molecule has 0 spiro atoms. The molecule has 0 radical (unpaired) electrons. The van der Waals surface area contributed by atoms with Crippen LogP contribution in [0.3, 0.4) is 0 Å². The van der Waals surface area contributed by atoms with Crippen LogP contribution in [0.5, 0.6) is 0 Å². The van der Waals surface area contributed by atoms with Gasteiger partial charge in [0.2, 0.25) is 0 Å². The molecular weight excluding hydrogens is 258 g/mol. The SMILES string of the molecule is CC(C)NCC1CCCCN1Cc1ccc(F)cc1F. The van der Waals surface area contributed by atoms with Crippen molar-refractivity contribution >= 4 is 0 Å². The van der Waals surface area contributed by atoms with E-state index < -0.39 is 11.6 Å². The molecule has 1 N–H and O–H groups in total. The Labute approximate surface area is 120 Å². The lowest BCUT2D eigenvalue weighted by Gasteiger charge is -2.36. The summed E-state index contributed by atoms with van der Waals surface area (Å²) in [6.45, 7) is 6.75. The first-order chi connectivity index (χ1) is 9.56. The lowest BCUT2D eigenvalue weighted by molar-refractivity contribution is 0.134. The van der Waals surface area contributed by atoms with Crippen LogP contribution in [0.2, 0.25) is 0 Å². The van der Waals surface area contributed by atoms with Gasteiger partial charge in [-0.2, -0.15) is 0 Å². The van der Waals surface area contributed by atoms with Crippen LogP contribution in [0.4, 0.5) is 8.78 Å². The van der Waals surface area contributed by atoms with Crippen molar-refractivity contribution in [3.63, 3.8) is 0 Å². The molecule has 1 unspecified atom stereocenters. The van der Waals surface area contributed by atoms with E-state index in [9.17, 15) is 8.78 Å². The largest absolute Gasteiger partial charge is 0.313 e. The van der Waals surface area contributed by atoms with Crippen LogP contribution in [0.1, 0.15) is 38.7 Å². The highest BCUT2D eigenvalue weighted by atomic mass is 19.1. The van der Waals surface area contributed by atoms with Crippen molar-refractivity contribution in [2.24, 2.45) is 0 Å². The third-order valence-corrected chi connectivity index (χ3v) is 3.90. The lowest BCUT2D eigenvalue weighted by atomic mass is 10.0. The highest BCUT2D eigenvalue weighted by molar-refractivity contribution is 5.18. The van der Waals surface area contributed by atoms with Gasteiger partial charge in [0.15, 0.2) is 0 Å². The van der Waals surface area contributed by atoms with Crippen LogP contribution in [0, 0.1) is 11.6 Å². The molecule has 112 valence electrons. The molecule has 20 heavy (non-hydrogen) atoms. The minimum Gasteiger partial charge on any atom is -0.313 e. The van der Waals surface area contributed by atoms with E-state index in [4.69, 9.17) is 0 Å². The zero-order chi connectivity index (χ0) is 14.5. The third-order valence-electron chi connectivity index (χ3n) is 3.90. The summed E-state index contributed by atoms with van der Waals surface area (Å²) in [7, 11) is 0. The van der Waals surface area contributed by atoms with Crippen LogP contribution < -0.4 is 5.32 Å². The number of likely N-dealkylation sites (tertiary alicyclic amines) is 1. The molecule has 2 nitrogen and oxygen atoms in total. The number of rotatable bonds is 5. The Bertz CT molecular complexity index is 434. The Balaban J connectivity index is 2.00. The van der Waals surface area contributed by atoms with E-state index in [1.807, 2.05) is 0 Å². The smallest absolute Gasteiger partial charge is 0.130 e. The second-order valence-electron chi connectivity index (χ2n) is 5.92. The average molecular weight is 282 g/mol. The molecule has 1 saturated heterocycles. The summed E-state index contributed by atoms with van der Waals surface area (Å²) in [6, 6.07) is 4.77. The fourth-order valence-electron chi connectivity index (χ4n) is 2.74. The van der Waals surface area contributed by atoms with Gasteiger partial charge in [0, 0.05) is 36.8 Å². The van der Waals surface area contributed by atoms with Gasteiger partial charge in [0.25, 0.3) is 0 Å². The van der Waals surface area contributed by atoms with Gasteiger partial charge in [-0.15, -0.1) is 0 Å². The lowest BCUT2D eigenvalue weighted by Crippen LogP contribution is -2.46. The molecule has 1 fully saturated rings. The highest BCUT2D eigenvalue weighted by Crippen LogP contribution is 2.21. The normalized spacial score (nSPS) is 20.6. The monoisotopic (exact) mass is 282 g/mol. The fraction of sp³-hybridized carbons (Fsp3) is 0.625. The van der Waals surface area contributed by atoms with E-state index in [1.54, 1.807) is 6.07 Å². The number of benzene rings is 1. The van der Waals surface area contributed by atoms with Gasteiger partial charge in [-0.25, -0.2) is 8.78 Å². The summed E-state index contributed by atoms with van der Waals surface area (Å²) in [5.41, 5.74) is 0.586. The van der Waals surface area contributed by atoms with E-state index in [-0.39, 0.29) is 0 Å². The van der Waals surface area contributed by atoms with Crippen LogP contribution in [-0.2, 0) is 6.54 Å². The van der Waals surface area contributed by atoms with Gasteiger partial charge >= 0.3 is 0 Å². The Hall–Kier alpha value is -1.00. The summed E-state index contributed by atoms with van der Waals surface area (Å²) in [5, 5.41) is 3.46. The summed E-state index contributed by atoms with van der Waals surface area (Å²) in [6.07, 6.45) is 3.52. The van der Waals surface area contributed by atoms with Crippen LogP contribution in [0.25, 0.3) is 0 Å². The van der Waals surface area contributed by atoms with Crippen molar-refractivity contribution in [3.8, 4) is 0 Å². The van der Waals surface area contributed by atoms with E-state index in [0.717, 1.165) is 32.0 Å². The number of nitrogens with one attached hydrogen (secondary N) is 1. The topological polar surface area (TPSA) is 15.3 Å². The standard InChI is InChI=1S/C16H24F2N2/c1-12(2)19-10-15-5-3-4-8-20(15)11-13-6-7-14(17)9-16(13)18/h6-7,9,12,15,19H,3-5,8,10-11H2,1-2H3. The zero-order valence-electron chi connectivity index (χ0n) is 12.3. The molecule has 0 bridgehead atoms. The first kappa shape index (κ1) is 15.4. The van der Waals surface area contributed by atoms with Crippen molar-refractivity contribution in [2.45, 2.75) is 51.7 Å². The zero-order valence-corrected chi connectivity index (χ0v) is 12.3. The van der Waals surface area contributed by atoms with Gasteiger partial charge in [0.1, 0.15) is 11.6 Å². The number of piperidine rings is 1. The summed E-state index contributed by atoms with van der Waals surface area (Å²) < 4.78 is 26.7. The maximum Gasteiger partial charge on any atom is 0.130 e. The number of hydrogen-bond acceptors (Lipinski definition) is 2. The van der Waals surface area contributed by atoms with Crippen LogP contribution in [-0.4, -0.2) is 30.1 Å². The van der Waals surface area contributed by atoms with Gasteiger partial charge < -0.3 is 5.32 Å². The van der Waals surface area contributed by atoms with Crippen molar-refractivity contribution < 1.29 is 8.78 Å². The molecule has 1 aromatic carbocycles. The van der Waals surface area contributed by atoms with Gasteiger partial charge in [0.05, 0.1) is 0 Å². The molecule has 1 heterocycles. The van der Waals surface area contributed by atoms with Crippen LogP contribution in [0.15, 0.2) is 18.2 Å². The molecule has 0 saturated carbocycles. The molecule has 0 amide bonds. The summed E-state index contributed by atoms with van der Waals surface area (Å²) in [5.74, 6) is -0.950. The molecule has 4 heteroatoms. The number of nitrogens with zero attached hydrogens (tertiary/aromatic N) is 1. The van der Waals surface area contributed by atoms with E-state index in [2.05, 4.69) is 24.1 Å². The Kier molecular flexibility index (Phi) is 5.49. The molecule has 1 aliphatic heterocycles. The van der Waals surface area contributed by atoms with Crippen molar-refractivity contribution in [2.75, 3.05) is 13.1 Å². The van der Waals surface area contributed by atoms with Gasteiger partial charge in [-0.05, 0) is 25.5 Å². The van der Waals surface area contributed by atoms with E-state index in [1.165, 1.54) is 12.5 Å². The molecule has 1 aromatic rings. The Morgan fingerprint density at radius 3 is 2.80 bits per heavy atom. The molecule has 1 atom stereocenters. The maximum atomic E-state index is 13.8. The third kappa shape index (κ3) is 4.25. The Morgan fingerprint density at radius 1 is 1.30 bits per heavy atom. The molecule has 1 aliphatic rings. The predicted octanol–water partition coefficient (Wildman–Crippen LogP) is 3.32. The fourth-order valence-corrected chi connectivity index (χ4v) is 2.74. The van der Waals surface area contributed by atoms with Crippen molar-refractivity contribution in [3.05, 3.63) is 35.4 Å². The molecule has 0 aliphatic carbocycles. The van der Waals surface area contributed by atoms with Crippen molar-refractivity contribution in [1.82, 2.24) is 10.2 Å². The quantitative estimate of drug-likeness (QED) is 0.891. The highest BCUT2D eigenvalue weighted by Gasteiger charge is 2.23. The first-order valence-corrected chi connectivity index (χ1v) is 7.47. The molecule has 2 rings (SSSR count). The van der Waals surface area contributed by atoms with E-state index in [0.29, 0.717) is 24.2 Å². The first-order valence-electron chi connectivity index (χ1n) is 7.47. The summed E-state index contributed by atoms with van der Waals surface area (Å²) >= 11 is 0. The number of hydrogen-bond donors (Lipinski definition) is 1. The van der Waals surface area contributed by atoms with Crippen LogP contribution >= 0.6 is 0 Å². The predicted molar refractivity (Wildman–Crippen MR) is 77.5 cm³/mol.